The van der Waals surface area contributed by atoms with Crippen LogP contribution in [0.5, 0.6) is 0 Å². The average Bonchev–Trinajstić information content (AvgIpc) is 3.04. The van der Waals surface area contributed by atoms with Crippen LogP contribution in [0.25, 0.3) is 0 Å². The van der Waals surface area contributed by atoms with Crippen LogP contribution in [0.2, 0.25) is 0 Å². The van der Waals surface area contributed by atoms with E-state index in [1.54, 1.807) is 0 Å². The van der Waals surface area contributed by atoms with Gasteiger partial charge in [-0.1, -0.05) is 27.7 Å². The molecule has 2 rings (SSSR count). The van der Waals surface area contributed by atoms with Gasteiger partial charge in [-0.15, -0.1) is 10.2 Å². The number of rotatable bonds is 7. The molecule has 0 aromatic carbocycles. The Hall–Kier alpha value is -0.900. The van der Waals surface area contributed by atoms with Gasteiger partial charge in [0.25, 0.3) is 0 Å². The van der Waals surface area contributed by atoms with Crippen LogP contribution in [0, 0.1) is 11.3 Å². The number of aromatic nitrogens is 2. The highest BCUT2D eigenvalue weighted by molar-refractivity contribution is 4.87. The molecule has 0 bridgehead atoms. The Kier molecular flexibility index (Phi) is 4.61. The summed E-state index contributed by atoms with van der Waals surface area (Å²) in [6.45, 7) is 10.0. The minimum Gasteiger partial charge on any atom is -0.425 e. The van der Waals surface area contributed by atoms with Gasteiger partial charge < -0.3 is 9.73 Å². The predicted octanol–water partition coefficient (Wildman–Crippen LogP) is 2.98. The molecular weight excluding hydrogens is 238 g/mol. The maximum atomic E-state index is 5.72. The number of aryl methyl sites for hydroxylation is 1. The van der Waals surface area contributed by atoms with Crippen LogP contribution in [0.1, 0.15) is 58.7 Å². The molecule has 1 unspecified atom stereocenters. The SMILES string of the molecule is CC(Cc1nnc(CCCNC2CC2)o1)C(C)(C)C. The lowest BCUT2D eigenvalue weighted by Gasteiger charge is -2.25. The van der Waals surface area contributed by atoms with E-state index in [-0.39, 0.29) is 5.41 Å². The summed E-state index contributed by atoms with van der Waals surface area (Å²) in [6, 6.07) is 0.783. The first-order valence-electron chi connectivity index (χ1n) is 7.50. The third-order valence-electron chi connectivity index (χ3n) is 4.05. The Bertz CT molecular complexity index is 390. The fourth-order valence-corrected chi connectivity index (χ4v) is 1.87. The molecule has 19 heavy (non-hydrogen) atoms. The third-order valence-corrected chi connectivity index (χ3v) is 4.05. The Morgan fingerprint density at radius 1 is 1.26 bits per heavy atom. The minimum absolute atomic E-state index is 0.281. The van der Waals surface area contributed by atoms with Crippen LogP contribution in [0.15, 0.2) is 4.42 Å². The first kappa shape index (κ1) is 14.5. The lowest BCUT2D eigenvalue weighted by atomic mass is 9.80. The van der Waals surface area contributed by atoms with Crippen molar-refractivity contribution < 1.29 is 4.42 Å². The zero-order valence-electron chi connectivity index (χ0n) is 12.7. The van der Waals surface area contributed by atoms with Crippen molar-refractivity contribution in [3.8, 4) is 0 Å². The van der Waals surface area contributed by atoms with E-state index in [0.717, 1.165) is 43.6 Å². The molecule has 1 aromatic heterocycles. The molecule has 0 aliphatic heterocycles. The standard InChI is InChI=1S/C15H27N3O/c1-11(15(2,3)4)10-14-18-17-13(19-14)6-5-9-16-12-7-8-12/h11-12,16H,5-10H2,1-4H3. The highest BCUT2D eigenvalue weighted by Gasteiger charge is 2.22. The Morgan fingerprint density at radius 2 is 1.95 bits per heavy atom. The first-order valence-corrected chi connectivity index (χ1v) is 7.50. The molecular formula is C15H27N3O. The topological polar surface area (TPSA) is 51.0 Å². The lowest BCUT2D eigenvalue weighted by Crippen LogP contribution is -2.19. The fraction of sp³-hybridized carbons (Fsp3) is 0.867. The largest absolute Gasteiger partial charge is 0.425 e. The van der Waals surface area contributed by atoms with Crippen molar-refractivity contribution in [1.82, 2.24) is 15.5 Å². The zero-order chi connectivity index (χ0) is 13.9. The Balaban J connectivity index is 1.71. The normalized spacial score (nSPS) is 17.7. The summed E-state index contributed by atoms with van der Waals surface area (Å²) < 4.78 is 5.72. The number of nitrogens with one attached hydrogen (secondary N) is 1. The smallest absolute Gasteiger partial charge is 0.216 e. The fourth-order valence-electron chi connectivity index (χ4n) is 1.87. The second-order valence-corrected chi connectivity index (χ2v) is 6.89. The van der Waals surface area contributed by atoms with Crippen molar-refractivity contribution in [3.05, 3.63) is 11.8 Å². The maximum Gasteiger partial charge on any atom is 0.216 e. The second-order valence-electron chi connectivity index (χ2n) is 6.89. The van der Waals surface area contributed by atoms with E-state index in [9.17, 15) is 0 Å². The van der Waals surface area contributed by atoms with Crippen molar-refractivity contribution in [2.45, 2.75) is 65.8 Å². The van der Waals surface area contributed by atoms with E-state index >= 15 is 0 Å². The first-order chi connectivity index (χ1) is 8.95. The van der Waals surface area contributed by atoms with E-state index in [0.29, 0.717) is 5.92 Å². The molecule has 108 valence electrons. The van der Waals surface area contributed by atoms with Crippen LogP contribution in [0.3, 0.4) is 0 Å². The third kappa shape index (κ3) is 4.94. The van der Waals surface area contributed by atoms with E-state index in [1.165, 1.54) is 12.8 Å². The van der Waals surface area contributed by atoms with Gasteiger partial charge in [0.1, 0.15) is 0 Å². The maximum absolute atomic E-state index is 5.72. The summed E-state index contributed by atoms with van der Waals surface area (Å²) in [5, 5.41) is 11.8. The van der Waals surface area contributed by atoms with Crippen molar-refractivity contribution in [1.29, 1.82) is 0 Å². The highest BCUT2D eigenvalue weighted by Crippen LogP contribution is 2.28. The average molecular weight is 265 g/mol. The van der Waals surface area contributed by atoms with E-state index in [1.807, 2.05) is 0 Å². The highest BCUT2D eigenvalue weighted by atomic mass is 16.4. The van der Waals surface area contributed by atoms with Gasteiger partial charge in [-0.05, 0) is 37.1 Å². The molecule has 1 fully saturated rings. The quantitative estimate of drug-likeness (QED) is 0.770. The summed E-state index contributed by atoms with van der Waals surface area (Å²) in [6.07, 6.45) is 5.52. The molecule has 0 saturated heterocycles. The van der Waals surface area contributed by atoms with Crippen LogP contribution in [-0.4, -0.2) is 22.8 Å². The van der Waals surface area contributed by atoms with E-state index < -0.39 is 0 Å². The molecule has 0 radical (unpaired) electrons. The number of nitrogens with zero attached hydrogens (tertiary/aromatic N) is 2. The van der Waals surface area contributed by atoms with Crippen LogP contribution in [-0.2, 0) is 12.8 Å². The van der Waals surface area contributed by atoms with Crippen molar-refractivity contribution >= 4 is 0 Å². The van der Waals surface area contributed by atoms with E-state index in [4.69, 9.17) is 4.42 Å². The van der Waals surface area contributed by atoms with Gasteiger partial charge in [0.2, 0.25) is 11.8 Å². The summed E-state index contributed by atoms with van der Waals surface area (Å²) in [7, 11) is 0. The van der Waals surface area contributed by atoms with Gasteiger partial charge in [-0.3, -0.25) is 0 Å². The molecule has 1 heterocycles. The monoisotopic (exact) mass is 265 g/mol. The summed E-state index contributed by atoms with van der Waals surface area (Å²) in [5.74, 6) is 2.11. The molecule has 4 nitrogen and oxygen atoms in total. The summed E-state index contributed by atoms with van der Waals surface area (Å²) in [4.78, 5) is 0. The van der Waals surface area contributed by atoms with Crippen molar-refractivity contribution in [3.63, 3.8) is 0 Å². The predicted molar refractivity (Wildman–Crippen MR) is 76.0 cm³/mol. The van der Waals surface area contributed by atoms with Gasteiger partial charge in [0, 0.05) is 18.9 Å². The number of hydrogen-bond donors (Lipinski definition) is 1. The molecule has 0 amide bonds. The van der Waals surface area contributed by atoms with Crippen LogP contribution in [0.4, 0.5) is 0 Å². The van der Waals surface area contributed by atoms with Crippen molar-refractivity contribution in [2.75, 3.05) is 6.54 Å². The van der Waals surface area contributed by atoms with E-state index in [2.05, 4.69) is 43.2 Å². The summed E-state index contributed by atoms with van der Waals surface area (Å²) in [5.41, 5.74) is 0.281. The van der Waals surface area contributed by atoms with Gasteiger partial charge in [-0.2, -0.15) is 0 Å². The van der Waals surface area contributed by atoms with Gasteiger partial charge in [-0.25, -0.2) is 0 Å². The van der Waals surface area contributed by atoms with Crippen LogP contribution >= 0.6 is 0 Å². The Labute approximate surface area is 116 Å². The lowest BCUT2D eigenvalue weighted by molar-refractivity contribution is 0.243. The molecule has 1 atom stereocenters. The molecule has 1 N–H and O–H groups in total. The van der Waals surface area contributed by atoms with Gasteiger partial charge in [0.15, 0.2) is 0 Å². The minimum atomic E-state index is 0.281. The summed E-state index contributed by atoms with van der Waals surface area (Å²) >= 11 is 0. The molecule has 1 saturated carbocycles. The molecule has 1 aliphatic carbocycles. The number of hydrogen-bond acceptors (Lipinski definition) is 4. The molecule has 0 spiro atoms. The van der Waals surface area contributed by atoms with Crippen LogP contribution < -0.4 is 5.32 Å². The molecule has 1 aliphatic rings. The van der Waals surface area contributed by atoms with Gasteiger partial charge in [0.05, 0.1) is 0 Å². The molecule has 1 aromatic rings. The zero-order valence-corrected chi connectivity index (χ0v) is 12.7. The Morgan fingerprint density at radius 3 is 2.58 bits per heavy atom. The second kappa shape index (κ2) is 6.04. The van der Waals surface area contributed by atoms with Gasteiger partial charge >= 0.3 is 0 Å². The van der Waals surface area contributed by atoms with Crippen molar-refractivity contribution in [2.24, 2.45) is 11.3 Å². The molecule has 4 heteroatoms.